The fourth-order valence-electron chi connectivity index (χ4n) is 8.65. The van der Waals surface area contributed by atoms with Crippen molar-refractivity contribution in [3.63, 3.8) is 0 Å². The second-order valence-corrected chi connectivity index (χ2v) is 15.1. The first-order valence-electron chi connectivity index (χ1n) is 16.9. The van der Waals surface area contributed by atoms with Crippen LogP contribution >= 0.6 is 0 Å². The lowest BCUT2D eigenvalue weighted by atomic mass is 9.54. The third-order valence-corrected chi connectivity index (χ3v) is 11.3. The summed E-state index contributed by atoms with van der Waals surface area (Å²) in [5.74, 6) is -2.49. The molecule has 48 heavy (non-hydrogen) atoms. The summed E-state index contributed by atoms with van der Waals surface area (Å²) in [6.45, 7) is 16.2. The molecular weight excluding hydrogens is 625 g/mol. The average molecular weight is 677 g/mol. The third kappa shape index (κ3) is 6.43. The van der Waals surface area contributed by atoms with Gasteiger partial charge in [-0.15, -0.1) is 0 Å². The van der Waals surface area contributed by atoms with Gasteiger partial charge in [0.25, 0.3) is 5.60 Å². The number of allylic oxidation sites excluding steroid dienone is 4. The molecule has 2 aliphatic carbocycles. The molecule has 0 amide bonds. The molecule has 7 nitrogen and oxygen atoms in total. The van der Waals surface area contributed by atoms with Crippen molar-refractivity contribution in [3.05, 3.63) is 71.3 Å². The van der Waals surface area contributed by atoms with Crippen molar-refractivity contribution in [3.8, 4) is 0 Å². The number of hydrogen-bond donors (Lipinski definition) is 1. The molecule has 0 bridgehead atoms. The van der Waals surface area contributed by atoms with Crippen LogP contribution in [0.5, 0.6) is 0 Å². The van der Waals surface area contributed by atoms with E-state index in [9.17, 15) is 23.1 Å². The Balaban J connectivity index is 1.48. The highest BCUT2D eigenvalue weighted by atomic mass is 19.4. The lowest BCUT2D eigenvalue weighted by Crippen LogP contribution is -2.59. The molecule has 2 saturated heterocycles. The van der Waals surface area contributed by atoms with Gasteiger partial charge < -0.3 is 28.8 Å². The van der Waals surface area contributed by atoms with Gasteiger partial charge in [-0.1, -0.05) is 67.1 Å². The van der Waals surface area contributed by atoms with Gasteiger partial charge in [-0.25, -0.2) is 4.79 Å². The van der Waals surface area contributed by atoms with Crippen LogP contribution < -0.4 is 0 Å². The first-order valence-corrected chi connectivity index (χ1v) is 16.9. The normalized spacial score (nSPS) is 39.7. The number of fused-ring (bicyclic) bond motifs is 3. The number of epoxide rings is 1. The average Bonchev–Trinajstić information content (AvgIpc) is 3.71. The van der Waals surface area contributed by atoms with E-state index in [0.717, 1.165) is 18.3 Å². The Morgan fingerprint density at radius 1 is 1.04 bits per heavy atom. The van der Waals surface area contributed by atoms with Gasteiger partial charge in [0.2, 0.25) is 0 Å². The molecule has 10 heteroatoms. The van der Waals surface area contributed by atoms with Gasteiger partial charge in [0, 0.05) is 24.5 Å². The van der Waals surface area contributed by atoms with E-state index in [1.165, 1.54) is 31.2 Å². The summed E-state index contributed by atoms with van der Waals surface area (Å²) < 4.78 is 73.4. The van der Waals surface area contributed by atoms with Crippen molar-refractivity contribution in [2.75, 3.05) is 13.7 Å². The minimum absolute atomic E-state index is 0.0205. The third-order valence-electron chi connectivity index (χ3n) is 11.3. The van der Waals surface area contributed by atoms with Crippen LogP contribution in [0, 0.1) is 29.6 Å². The number of carbonyl (C=O) groups is 1. The first-order chi connectivity index (χ1) is 22.3. The largest absolute Gasteiger partial charge is 0.457 e. The number of halogens is 3. The van der Waals surface area contributed by atoms with Gasteiger partial charge in [-0.2, -0.15) is 13.2 Å². The summed E-state index contributed by atoms with van der Waals surface area (Å²) in [6, 6.07) is 6.75. The summed E-state index contributed by atoms with van der Waals surface area (Å²) in [5.41, 5.74) is -3.60. The monoisotopic (exact) mass is 676 g/mol. The molecule has 4 fully saturated rings. The standard InChI is InChI=1S/C38H51F3O7/c1-10-22(2)30-26(18-14-15-23(3)31-24(4)21-45-34(5,6)47-31)27-19-29(35(7,43)20-28(27)32-36(30,8)48-32)46-33(42)37(44-9,38(39,40)41)25-16-12-11-13-17-25/h10-18,24,26-32,43H,19-21H2,1-9H3/b18-14+,22-10+,23-15+/t24-,26-,27-,28+,29+,30-,31+,32-,35+,36+,37+/m0/s1. The second kappa shape index (κ2) is 13.0. The Bertz CT molecular complexity index is 1430. The highest BCUT2D eigenvalue weighted by Gasteiger charge is 2.71. The van der Waals surface area contributed by atoms with Gasteiger partial charge in [0.15, 0.2) is 5.79 Å². The molecule has 1 aromatic rings. The van der Waals surface area contributed by atoms with Gasteiger partial charge >= 0.3 is 12.1 Å². The smallest absolute Gasteiger partial charge is 0.432 e. The van der Waals surface area contributed by atoms with Crippen LogP contribution in [0.1, 0.15) is 73.8 Å². The maximum atomic E-state index is 14.7. The molecule has 2 heterocycles. The number of esters is 1. The minimum Gasteiger partial charge on any atom is -0.457 e. The molecule has 4 aliphatic rings. The maximum Gasteiger partial charge on any atom is 0.432 e. The van der Waals surface area contributed by atoms with Crippen molar-refractivity contribution < 1.29 is 46.8 Å². The predicted octanol–water partition coefficient (Wildman–Crippen LogP) is 7.44. The van der Waals surface area contributed by atoms with Crippen LogP contribution in [0.25, 0.3) is 0 Å². The van der Waals surface area contributed by atoms with Gasteiger partial charge in [-0.3, -0.25) is 0 Å². The van der Waals surface area contributed by atoms with Crippen molar-refractivity contribution in [2.24, 2.45) is 29.6 Å². The van der Waals surface area contributed by atoms with E-state index >= 15 is 0 Å². The molecule has 2 saturated carbocycles. The molecule has 0 radical (unpaired) electrons. The highest BCUT2D eigenvalue weighted by molar-refractivity contribution is 5.83. The number of ether oxygens (including phenoxy) is 5. The van der Waals surface area contributed by atoms with E-state index in [1.54, 1.807) is 6.07 Å². The molecule has 11 atom stereocenters. The Morgan fingerprint density at radius 3 is 2.31 bits per heavy atom. The molecule has 0 aromatic heterocycles. The number of carbonyl (C=O) groups excluding carboxylic acids is 1. The van der Waals surface area contributed by atoms with E-state index in [0.29, 0.717) is 6.61 Å². The Labute approximate surface area is 282 Å². The molecular formula is C38H51F3O7. The van der Waals surface area contributed by atoms with Crippen LogP contribution in [0.4, 0.5) is 13.2 Å². The molecule has 1 N–H and O–H groups in total. The predicted molar refractivity (Wildman–Crippen MR) is 175 cm³/mol. The van der Waals surface area contributed by atoms with Crippen LogP contribution in [-0.2, 0) is 34.1 Å². The second-order valence-electron chi connectivity index (χ2n) is 15.1. The Kier molecular flexibility index (Phi) is 9.95. The van der Waals surface area contributed by atoms with Crippen LogP contribution in [0.2, 0.25) is 0 Å². The lowest BCUT2D eigenvalue weighted by molar-refractivity contribution is -0.283. The van der Waals surface area contributed by atoms with Crippen LogP contribution in [0.3, 0.4) is 0 Å². The SMILES string of the molecule is C/C=C(\C)[C@H]1[C@@H](/C=C/C=C(\C)[C@H]2OC(C)(C)OC[C@@H]2C)[C@@H]2C[C@@H](OC(=O)[C@](OC)(c3ccccc3)C(F)(F)F)[C@](C)(O)C[C@H]2[C@@H]2O[C@@]21C. The van der Waals surface area contributed by atoms with E-state index < -0.39 is 46.4 Å². The quantitative estimate of drug-likeness (QED) is 0.133. The number of benzene rings is 1. The molecule has 1 aromatic carbocycles. The van der Waals surface area contributed by atoms with Crippen molar-refractivity contribution in [1.82, 2.24) is 0 Å². The molecule has 0 unspecified atom stereocenters. The van der Waals surface area contributed by atoms with Gasteiger partial charge in [-0.05, 0) is 84.6 Å². The summed E-state index contributed by atoms with van der Waals surface area (Å²) in [6.07, 6.45) is 2.07. The summed E-state index contributed by atoms with van der Waals surface area (Å²) in [5, 5.41) is 11.7. The molecule has 266 valence electrons. The number of methoxy groups -OCH3 is 1. The van der Waals surface area contributed by atoms with E-state index in [2.05, 4.69) is 39.0 Å². The first kappa shape index (κ1) is 36.8. The summed E-state index contributed by atoms with van der Waals surface area (Å²) >= 11 is 0. The maximum absolute atomic E-state index is 14.7. The minimum atomic E-state index is -5.12. The zero-order valence-electron chi connectivity index (χ0n) is 29.5. The van der Waals surface area contributed by atoms with E-state index in [4.69, 9.17) is 23.7 Å². The fraction of sp³-hybridized carbons (Fsp3) is 0.658. The Morgan fingerprint density at radius 2 is 1.71 bits per heavy atom. The topological polar surface area (TPSA) is 86.8 Å². The van der Waals surface area contributed by atoms with Crippen LogP contribution in [0.15, 0.2) is 65.8 Å². The molecule has 0 spiro atoms. The van der Waals surface area contributed by atoms with Crippen LogP contribution in [-0.4, -0.2) is 66.3 Å². The van der Waals surface area contributed by atoms with E-state index in [1.807, 2.05) is 33.8 Å². The molecule has 2 aliphatic heterocycles. The number of hydrogen-bond acceptors (Lipinski definition) is 7. The van der Waals surface area contributed by atoms with E-state index in [-0.39, 0.29) is 54.6 Å². The number of alkyl halides is 3. The van der Waals surface area contributed by atoms with Crippen molar-refractivity contribution in [2.45, 2.75) is 115 Å². The van der Waals surface area contributed by atoms with Crippen molar-refractivity contribution >= 4 is 5.97 Å². The molecule has 5 rings (SSSR count). The summed E-state index contributed by atoms with van der Waals surface area (Å²) in [7, 11) is 0.844. The zero-order chi connectivity index (χ0) is 35.4. The highest BCUT2D eigenvalue weighted by Crippen LogP contribution is 2.64. The van der Waals surface area contributed by atoms with Gasteiger partial charge in [0.05, 0.1) is 30.0 Å². The number of aliphatic hydroxyl groups is 1. The zero-order valence-corrected chi connectivity index (χ0v) is 29.5. The van der Waals surface area contributed by atoms with Gasteiger partial charge in [0.1, 0.15) is 6.10 Å². The Hall–Kier alpha value is -2.50. The lowest BCUT2D eigenvalue weighted by Gasteiger charge is -2.51. The fourth-order valence-corrected chi connectivity index (χ4v) is 8.65. The summed E-state index contributed by atoms with van der Waals surface area (Å²) in [4.78, 5) is 13.7. The number of rotatable bonds is 8. The van der Waals surface area contributed by atoms with Crippen molar-refractivity contribution in [1.29, 1.82) is 0 Å².